The van der Waals surface area contributed by atoms with Crippen molar-refractivity contribution < 1.29 is 9.18 Å². The Bertz CT molecular complexity index is 419. The van der Waals surface area contributed by atoms with Crippen molar-refractivity contribution in [2.45, 2.75) is 38.6 Å². The van der Waals surface area contributed by atoms with E-state index in [-0.39, 0.29) is 11.7 Å². The molecule has 1 saturated carbocycles. The summed E-state index contributed by atoms with van der Waals surface area (Å²) < 4.78 is 12.7. The minimum atomic E-state index is -0.299. The van der Waals surface area contributed by atoms with Crippen LogP contribution in [0.4, 0.5) is 10.1 Å². The second-order valence-electron chi connectivity index (χ2n) is 5.40. The van der Waals surface area contributed by atoms with E-state index in [1.807, 2.05) is 0 Å². The summed E-state index contributed by atoms with van der Waals surface area (Å²) in [7, 11) is 0. The Hall–Kier alpha value is -1.42. The van der Waals surface area contributed by atoms with Crippen molar-refractivity contribution in [2.24, 2.45) is 5.92 Å². The summed E-state index contributed by atoms with van der Waals surface area (Å²) in [6.07, 6.45) is 4.82. The van der Waals surface area contributed by atoms with Crippen LogP contribution < -0.4 is 10.6 Å². The van der Waals surface area contributed by atoms with Gasteiger partial charge in [0.25, 0.3) is 0 Å². The van der Waals surface area contributed by atoms with Gasteiger partial charge in [0.15, 0.2) is 0 Å². The van der Waals surface area contributed by atoms with Gasteiger partial charge in [-0.25, -0.2) is 4.39 Å². The quantitative estimate of drug-likeness (QED) is 0.878. The Morgan fingerprint density at radius 3 is 2.74 bits per heavy atom. The van der Waals surface area contributed by atoms with Crippen molar-refractivity contribution in [2.75, 3.05) is 11.9 Å². The molecule has 1 aliphatic carbocycles. The monoisotopic (exact) mass is 264 g/mol. The maximum atomic E-state index is 12.7. The number of nitrogens with one attached hydrogen (secondary N) is 2. The van der Waals surface area contributed by atoms with Crippen molar-refractivity contribution in [1.29, 1.82) is 0 Å². The highest BCUT2D eigenvalue weighted by atomic mass is 19.1. The van der Waals surface area contributed by atoms with Gasteiger partial charge in [-0.3, -0.25) is 4.79 Å². The minimum absolute atomic E-state index is 0.0789. The molecule has 0 radical (unpaired) electrons. The van der Waals surface area contributed by atoms with Crippen LogP contribution in [0.25, 0.3) is 0 Å². The molecular formula is C15H21FN2O. The minimum Gasteiger partial charge on any atom is -0.325 e. The molecule has 2 atom stereocenters. The summed E-state index contributed by atoms with van der Waals surface area (Å²) in [5, 5.41) is 6.05. The summed E-state index contributed by atoms with van der Waals surface area (Å²) in [4.78, 5) is 11.8. The first-order valence-corrected chi connectivity index (χ1v) is 6.92. The number of rotatable bonds is 4. The fourth-order valence-corrected chi connectivity index (χ4v) is 2.59. The topological polar surface area (TPSA) is 41.1 Å². The molecule has 19 heavy (non-hydrogen) atoms. The first-order valence-electron chi connectivity index (χ1n) is 6.92. The normalized spacial score (nSPS) is 23.1. The predicted octanol–water partition coefficient (Wildman–Crippen LogP) is 2.93. The highest BCUT2D eigenvalue weighted by molar-refractivity contribution is 5.92. The maximum Gasteiger partial charge on any atom is 0.238 e. The van der Waals surface area contributed by atoms with Crippen LogP contribution in [0.1, 0.15) is 32.6 Å². The summed E-state index contributed by atoms with van der Waals surface area (Å²) >= 11 is 0. The van der Waals surface area contributed by atoms with Crippen molar-refractivity contribution in [3.05, 3.63) is 30.1 Å². The molecule has 2 rings (SSSR count). The molecule has 1 amide bonds. The van der Waals surface area contributed by atoms with E-state index in [0.717, 1.165) is 18.8 Å². The molecular weight excluding hydrogens is 243 g/mol. The van der Waals surface area contributed by atoms with Gasteiger partial charge in [0, 0.05) is 11.7 Å². The van der Waals surface area contributed by atoms with Crippen LogP contribution in [-0.4, -0.2) is 18.5 Å². The smallest absolute Gasteiger partial charge is 0.238 e. The van der Waals surface area contributed by atoms with E-state index in [9.17, 15) is 9.18 Å². The number of halogens is 1. The fourth-order valence-electron chi connectivity index (χ4n) is 2.59. The highest BCUT2D eigenvalue weighted by Gasteiger charge is 2.18. The third kappa shape index (κ3) is 4.63. The molecule has 0 heterocycles. The third-order valence-electron chi connectivity index (χ3n) is 3.62. The van der Waals surface area contributed by atoms with Crippen LogP contribution in [-0.2, 0) is 4.79 Å². The van der Waals surface area contributed by atoms with Crippen LogP contribution in [0.5, 0.6) is 0 Å². The fraction of sp³-hybridized carbons (Fsp3) is 0.533. The molecule has 1 aromatic rings. The summed E-state index contributed by atoms with van der Waals surface area (Å²) in [5.74, 6) is 0.364. The number of carbonyl (C=O) groups excluding carboxylic acids is 1. The zero-order chi connectivity index (χ0) is 13.7. The van der Waals surface area contributed by atoms with E-state index in [2.05, 4.69) is 17.6 Å². The summed E-state index contributed by atoms with van der Waals surface area (Å²) in [5.41, 5.74) is 0.630. The first kappa shape index (κ1) is 14.0. The van der Waals surface area contributed by atoms with Crippen molar-refractivity contribution in [1.82, 2.24) is 5.32 Å². The van der Waals surface area contributed by atoms with Gasteiger partial charge < -0.3 is 10.6 Å². The SMILES string of the molecule is C[C@@H]1CCC[C@@H](NCC(=O)Nc2ccc(F)cc2)C1. The molecule has 0 aliphatic heterocycles. The van der Waals surface area contributed by atoms with Gasteiger partial charge in [-0.2, -0.15) is 0 Å². The Morgan fingerprint density at radius 1 is 1.32 bits per heavy atom. The Labute approximate surface area is 113 Å². The average Bonchev–Trinajstić information content (AvgIpc) is 2.39. The van der Waals surface area contributed by atoms with Gasteiger partial charge in [-0.1, -0.05) is 19.8 Å². The van der Waals surface area contributed by atoms with E-state index in [4.69, 9.17) is 0 Å². The van der Waals surface area contributed by atoms with Crippen molar-refractivity contribution in [3.8, 4) is 0 Å². The standard InChI is InChI=1S/C15H21FN2O/c1-11-3-2-4-14(9-11)17-10-15(19)18-13-7-5-12(16)6-8-13/h5-8,11,14,17H,2-4,9-10H2,1H3,(H,18,19)/t11-,14-/m1/s1. The van der Waals surface area contributed by atoms with Gasteiger partial charge in [0.1, 0.15) is 5.82 Å². The second kappa shape index (κ2) is 6.66. The Morgan fingerprint density at radius 2 is 2.05 bits per heavy atom. The maximum absolute atomic E-state index is 12.7. The van der Waals surface area contributed by atoms with Gasteiger partial charge in [-0.05, 0) is 43.0 Å². The molecule has 0 spiro atoms. The lowest BCUT2D eigenvalue weighted by Crippen LogP contribution is -2.38. The zero-order valence-corrected chi connectivity index (χ0v) is 11.3. The molecule has 0 aromatic heterocycles. The molecule has 2 N–H and O–H groups in total. The number of anilines is 1. The van der Waals surface area contributed by atoms with Crippen molar-refractivity contribution in [3.63, 3.8) is 0 Å². The number of hydrogen-bond donors (Lipinski definition) is 2. The molecule has 0 saturated heterocycles. The molecule has 0 unspecified atom stereocenters. The van der Waals surface area contributed by atoms with Gasteiger partial charge in [0.2, 0.25) is 5.91 Å². The summed E-state index contributed by atoms with van der Waals surface area (Å²) in [6.45, 7) is 2.57. The van der Waals surface area contributed by atoms with Crippen LogP contribution in [0.2, 0.25) is 0 Å². The number of amides is 1. The summed E-state index contributed by atoms with van der Waals surface area (Å²) in [6, 6.07) is 6.26. The third-order valence-corrected chi connectivity index (χ3v) is 3.62. The lowest BCUT2D eigenvalue weighted by Gasteiger charge is -2.27. The average molecular weight is 264 g/mol. The van der Waals surface area contributed by atoms with E-state index < -0.39 is 0 Å². The Kier molecular flexibility index (Phi) is 4.91. The van der Waals surface area contributed by atoms with Crippen LogP contribution in [0.3, 0.4) is 0 Å². The van der Waals surface area contributed by atoms with E-state index in [1.54, 1.807) is 12.1 Å². The van der Waals surface area contributed by atoms with Gasteiger partial charge in [-0.15, -0.1) is 0 Å². The molecule has 3 nitrogen and oxygen atoms in total. The second-order valence-corrected chi connectivity index (χ2v) is 5.40. The van der Waals surface area contributed by atoms with E-state index >= 15 is 0 Å². The van der Waals surface area contributed by atoms with E-state index in [0.29, 0.717) is 18.3 Å². The molecule has 0 bridgehead atoms. The largest absolute Gasteiger partial charge is 0.325 e. The Balaban J connectivity index is 1.73. The number of carbonyl (C=O) groups is 1. The predicted molar refractivity (Wildman–Crippen MR) is 74.5 cm³/mol. The molecule has 104 valence electrons. The molecule has 1 aliphatic rings. The van der Waals surface area contributed by atoms with Crippen LogP contribution >= 0.6 is 0 Å². The lowest BCUT2D eigenvalue weighted by atomic mass is 9.87. The molecule has 1 aromatic carbocycles. The zero-order valence-electron chi connectivity index (χ0n) is 11.3. The number of benzene rings is 1. The number of hydrogen-bond acceptors (Lipinski definition) is 2. The molecule has 1 fully saturated rings. The van der Waals surface area contributed by atoms with Crippen LogP contribution in [0, 0.1) is 11.7 Å². The van der Waals surface area contributed by atoms with E-state index in [1.165, 1.54) is 25.0 Å². The van der Waals surface area contributed by atoms with Gasteiger partial charge >= 0.3 is 0 Å². The molecule has 4 heteroatoms. The first-order chi connectivity index (χ1) is 9.13. The van der Waals surface area contributed by atoms with Crippen molar-refractivity contribution >= 4 is 11.6 Å². The van der Waals surface area contributed by atoms with Crippen LogP contribution in [0.15, 0.2) is 24.3 Å². The highest BCUT2D eigenvalue weighted by Crippen LogP contribution is 2.23. The lowest BCUT2D eigenvalue weighted by molar-refractivity contribution is -0.115. The van der Waals surface area contributed by atoms with Gasteiger partial charge in [0.05, 0.1) is 6.54 Å².